The molecule has 1 aliphatic carbocycles. The monoisotopic (exact) mass is 200 g/mol. The van der Waals surface area contributed by atoms with E-state index in [1.165, 1.54) is 0 Å². The molecule has 0 bridgehead atoms. The largest absolute Gasteiger partial charge is 0.391 e. The third-order valence-electron chi connectivity index (χ3n) is 3.31. The molecule has 0 aromatic rings. The molecular weight excluding hydrogens is 184 g/mol. The van der Waals surface area contributed by atoms with Crippen molar-refractivity contribution in [2.75, 3.05) is 0 Å². The molecule has 14 heavy (non-hydrogen) atoms. The lowest BCUT2D eigenvalue weighted by Gasteiger charge is -2.24. The highest BCUT2D eigenvalue weighted by atomic mass is 16.8. The smallest absolute Gasteiger partial charge is 0.164 e. The topological polar surface area (TPSA) is 47.9 Å². The van der Waals surface area contributed by atoms with E-state index in [-0.39, 0.29) is 23.9 Å². The molecular formula is C10H16O4. The van der Waals surface area contributed by atoms with Crippen LogP contribution < -0.4 is 0 Å². The van der Waals surface area contributed by atoms with Crippen LogP contribution in [0, 0.1) is 0 Å². The van der Waals surface area contributed by atoms with E-state index in [9.17, 15) is 5.11 Å². The molecule has 4 heteroatoms. The Morgan fingerprint density at radius 3 is 2.79 bits per heavy atom. The van der Waals surface area contributed by atoms with Gasteiger partial charge >= 0.3 is 0 Å². The number of aliphatic hydroxyl groups excluding tert-OH is 1. The van der Waals surface area contributed by atoms with Crippen LogP contribution >= 0.6 is 0 Å². The molecule has 2 saturated heterocycles. The van der Waals surface area contributed by atoms with Crippen molar-refractivity contribution in [3.8, 4) is 0 Å². The third kappa shape index (κ3) is 0.972. The van der Waals surface area contributed by atoms with E-state index >= 15 is 0 Å². The van der Waals surface area contributed by atoms with Crippen LogP contribution in [0.15, 0.2) is 0 Å². The predicted octanol–water partition coefficient (Wildman–Crippen LogP) is 0.429. The summed E-state index contributed by atoms with van der Waals surface area (Å²) in [5.41, 5.74) is -0.245. The molecule has 80 valence electrons. The fourth-order valence-corrected chi connectivity index (χ4v) is 2.72. The van der Waals surface area contributed by atoms with E-state index in [0.29, 0.717) is 0 Å². The van der Waals surface area contributed by atoms with E-state index in [0.717, 1.165) is 6.42 Å². The Kier molecular flexibility index (Phi) is 1.51. The Morgan fingerprint density at radius 1 is 1.43 bits per heavy atom. The average Bonchev–Trinajstić information content (AvgIpc) is 2.49. The zero-order chi connectivity index (χ0) is 10.1. The molecule has 1 saturated carbocycles. The zero-order valence-electron chi connectivity index (χ0n) is 8.69. The van der Waals surface area contributed by atoms with E-state index in [4.69, 9.17) is 14.2 Å². The van der Waals surface area contributed by atoms with Crippen molar-refractivity contribution in [3.63, 3.8) is 0 Å². The van der Waals surface area contributed by atoms with Gasteiger partial charge in [-0.2, -0.15) is 0 Å². The van der Waals surface area contributed by atoms with Gasteiger partial charge in [0.1, 0.15) is 17.8 Å². The van der Waals surface area contributed by atoms with Gasteiger partial charge in [0.15, 0.2) is 5.79 Å². The van der Waals surface area contributed by atoms with Crippen molar-refractivity contribution in [2.45, 2.75) is 63.0 Å². The van der Waals surface area contributed by atoms with Crippen molar-refractivity contribution in [2.24, 2.45) is 0 Å². The number of hydrogen-bond acceptors (Lipinski definition) is 4. The molecule has 1 N–H and O–H groups in total. The molecule has 1 spiro atoms. The Morgan fingerprint density at radius 2 is 2.14 bits per heavy atom. The van der Waals surface area contributed by atoms with Crippen LogP contribution in [0.3, 0.4) is 0 Å². The lowest BCUT2D eigenvalue weighted by Crippen LogP contribution is -2.39. The summed E-state index contributed by atoms with van der Waals surface area (Å²) in [6, 6.07) is 0. The number of rotatable bonds is 1. The molecule has 0 aromatic carbocycles. The van der Waals surface area contributed by atoms with Crippen molar-refractivity contribution in [1.29, 1.82) is 0 Å². The Hall–Kier alpha value is -0.160. The molecule has 0 amide bonds. The lowest BCUT2D eigenvalue weighted by atomic mass is 10.0. The van der Waals surface area contributed by atoms with Gasteiger partial charge in [-0.15, -0.1) is 0 Å². The standard InChI is InChI=1S/C10H16O4/c1-5(11)7-8-10(4-6(10)12-7)14-9(2,3)13-8/h5-8,11H,4H2,1-3H3/t5?,6-,7+,8?,10?/m0/s1. The number of aliphatic hydroxyl groups is 1. The minimum absolute atomic E-state index is 0.0949. The van der Waals surface area contributed by atoms with Crippen molar-refractivity contribution >= 4 is 0 Å². The SMILES string of the molecule is CC(O)[C@H]1O[C@H]2CC23OC(C)(C)OC13. The number of hydrogen-bond donors (Lipinski definition) is 1. The molecule has 3 rings (SSSR count). The summed E-state index contributed by atoms with van der Waals surface area (Å²) in [6.45, 7) is 5.56. The normalized spacial score (nSPS) is 55.3. The van der Waals surface area contributed by atoms with Crippen LogP contribution in [0.2, 0.25) is 0 Å². The Labute approximate surface area is 83.1 Å². The first-order valence-corrected chi connectivity index (χ1v) is 5.16. The van der Waals surface area contributed by atoms with Gasteiger partial charge in [-0.3, -0.25) is 0 Å². The zero-order valence-corrected chi connectivity index (χ0v) is 8.69. The van der Waals surface area contributed by atoms with Gasteiger partial charge in [0, 0.05) is 6.42 Å². The first kappa shape index (κ1) is 9.09. The Balaban J connectivity index is 1.87. The van der Waals surface area contributed by atoms with E-state index in [1.807, 2.05) is 13.8 Å². The van der Waals surface area contributed by atoms with Crippen LogP contribution in [0.25, 0.3) is 0 Å². The predicted molar refractivity (Wildman–Crippen MR) is 47.7 cm³/mol. The molecule has 5 atom stereocenters. The summed E-state index contributed by atoms with van der Waals surface area (Å²) in [5, 5.41) is 9.54. The summed E-state index contributed by atoms with van der Waals surface area (Å²) < 4.78 is 17.3. The molecule has 2 aliphatic heterocycles. The maximum absolute atomic E-state index is 9.54. The van der Waals surface area contributed by atoms with Crippen LogP contribution in [0.5, 0.6) is 0 Å². The summed E-state index contributed by atoms with van der Waals surface area (Å²) in [4.78, 5) is 0. The highest BCUT2D eigenvalue weighted by Gasteiger charge is 2.76. The highest BCUT2D eigenvalue weighted by molar-refractivity contribution is 5.23. The molecule has 0 aromatic heterocycles. The van der Waals surface area contributed by atoms with Gasteiger partial charge < -0.3 is 19.3 Å². The molecule has 3 unspecified atom stereocenters. The lowest BCUT2D eigenvalue weighted by molar-refractivity contribution is -0.183. The summed E-state index contributed by atoms with van der Waals surface area (Å²) in [5.74, 6) is -0.531. The Bertz CT molecular complexity index is 275. The first-order chi connectivity index (χ1) is 6.45. The van der Waals surface area contributed by atoms with Gasteiger partial charge in [-0.25, -0.2) is 0 Å². The second-order valence-corrected chi connectivity index (χ2v) is 5.03. The second-order valence-electron chi connectivity index (χ2n) is 5.03. The molecule has 0 radical (unpaired) electrons. The summed E-state index contributed by atoms with van der Waals surface area (Å²) in [6.07, 6.45) is 0.221. The quantitative estimate of drug-likeness (QED) is 0.666. The molecule has 4 nitrogen and oxygen atoms in total. The van der Waals surface area contributed by atoms with Gasteiger partial charge in [-0.05, 0) is 20.8 Å². The highest BCUT2D eigenvalue weighted by Crippen LogP contribution is 2.60. The minimum Gasteiger partial charge on any atom is -0.391 e. The van der Waals surface area contributed by atoms with E-state index in [1.54, 1.807) is 6.92 Å². The fraction of sp³-hybridized carbons (Fsp3) is 1.00. The number of ether oxygens (including phenoxy) is 3. The van der Waals surface area contributed by atoms with Crippen LogP contribution in [-0.4, -0.2) is 40.9 Å². The van der Waals surface area contributed by atoms with E-state index < -0.39 is 11.9 Å². The van der Waals surface area contributed by atoms with Gasteiger partial charge in [0.25, 0.3) is 0 Å². The van der Waals surface area contributed by atoms with Crippen molar-refractivity contribution < 1.29 is 19.3 Å². The second kappa shape index (κ2) is 2.32. The average molecular weight is 200 g/mol. The first-order valence-electron chi connectivity index (χ1n) is 5.16. The van der Waals surface area contributed by atoms with Crippen LogP contribution in [0.1, 0.15) is 27.2 Å². The molecule has 3 aliphatic rings. The minimum atomic E-state index is -0.531. The van der Waals surface area contributed by atoms with Crippen molar-refractivity contribution in [3.05, 3.63) is 0 Å². The van der Waals surface area contributed by atoms with E-state index in [2.05, 4.69) is 0 Å². The summed E-state index contributed by atoms with van der Waals surface area (Å²) in [7, 11) is 0. The van der Waals surface area contributed by atoms with Gasteiger partial charge in [0.05, 0.1) is 12.2 Å². The summed E-state index contributed by atoms with van der Waals surface area (Å²) >= 11 is 0. The fourth-order valence-electron chi connectivity index (χ4n) is 2.72. The molecule has 3 fully saturated rings. The maximum atomic E-state index is 9.54. The van der Waals surface area contributed by atoms with Crippen LogP contribution in [0.4, 0.5) is 0 Å². The van der Waals surface area contributed by atoms with Gasteiger partial charge in [0.2, 0.25) is 0 Å². The van der Waals surface area contributed by atoms with Gasteiger partial charge in [-0.1, -0.05) is 0 Å². The molecule has 2 heterocycles. The maximum Gasteiger partial charge on any atom is 0.164 e. The van der Waals surface area contributed by atoms with Crippen LogP contribution in [-0.2, 0) is 14.2 Å². The van der Waals surface area contributed by atoms with Crippen molar-refractivity contribution in [1.82, 2.24) is 0 Å². The third-order valence-corrected chi connectivity index (χ3v) is 3.31.